The number of thiophene rings is 1. The third kappa shape index (κ3) is 2.61. The Bertz CT molecular complexity index is 1510. The summed E-state index contributed by atoms with van der Waals surface area (Å²) >= 11 is 1.65. The van der Waals surface area contributed by atoms with Gasteiger partial charge in [0, 0.05) is 41.5 Å². The number of imidazole rings is 1. The van der Waals surface area contributed by atoms with Crippen LogP contribution in [0.25, 0.3) is 55.8 Å². The van der Waals surface area contributed by atoms with E-state index in [-0.39, 0.29) is 0 Å². The van der Waals surface area contributed by atoms with Gasteiger partial charge in [-0.3, -0.25) is 15.1 Å². The van der Waals surface area contributed by atoms with Crippen molar-refractivity contribution < 1.29 is 0 Å². The topological polar surface area (TPSA) is 96.0 Å². The molecule has 0 radical (unpaired) electrons. The fourth-order valence-corrected chi connectivity index (χ4v) is 4.33. The third-order valence-electron chi connectivity index (χ3n) is 5.22. The molecular formula is C22H15N7S. The summed E-state index contributed by atoms with van der Waals surface area (Å²) < 4.78 is 0. The first kappa shape index (κ1) is 17.0. The van der Waals surface area contributed by atoms with Gasteiger partial charge in [-0.1, -0.05) is 0 Å². The number of aryl methyl sites for hydroxylation is 1. The molecule has 0 fully saturated rings. The van der Waals surface area contributed by atoms with E-state index in [1.807, 2.05) is 24.7 Å². The van der Waals surface area contributed by atoms with Crippen LogP contribution in [-0.4, -0.2) is 35.1 Å². The Kier molecular flexibility index (Phi) is 3.72. The molecule has 0 spiro atoms. The lowest BCUT2D eigenvalue weighted by atomic mass is 10.0. The van der Waals surface area contributed by atoms with Crippen molar-refractivity contribution in [2.75, 3.05) is 0 Å². The van der Waals surface area contributed by atoms with Gasteiger partial charge >= 0.3 is 0 Å². The molecule has 8 heteroatoms. The van der Waals surface area contributed by atoms with Crippen LogP contribution in [0.15, 0.2) is 59.9 Å². The highest BCUT2D eigenvalue weighted by atomic mass is 32.1. The van der Waals surface area contributed by atoms with Gasteiger partial charge in [-0.15, -0.1) is 0 Å². The lowest BCUT2D eigenvalue weighted by molar-refractivity contribution is 1.09. The number of nitrogens with zero attached hydrogens (tertiary/aromatic N) is 5. The summed E-state index contributed by atoms with van der Waals surface area (Å²) in [6.45, 7) is 2.07. The van der Waals surface area contributed by atoms with Crippen LogP contribution < -0.4 is 0 Å². The van der Waals surface area contributed by atoms with E-state index < -0.39 is 0 Å². The van der Waals surface area contributed by atoms with Gasteiger partial charge in [0.15, 0.2) is 11.5 Å². The van der Waals surface area contributed by atoms with Gasteiger partial charge in [-0.25, -0.2) is 9.97 Å². The number of hydrogen-bond donors (Lipinski definition) is 2. The SMILES string of the molecule is Cc1ccncc1-c1cnc2[nH]nc(-c3nc4c(-c5ccsc5)cncc4[nH]3)c2c1. The largest absolute Gasteiger partial charge is 0.335 e. The summed E-state index contributed by atoms with van der Waals surface area (Å²) in [5, 5.41) is 12.6. The van der Waals surface area contributed by atoms with Crippen LogP contribution in [0.4, 0.5) is 0 Å². The minimum absolute atomic E-state index is 0.683. The van der Waals surface area contributed by atoms with Crippen molar-refractivity contribution in [3.05, 3.63) is 65.5 Å². The molecule has 0 saturated heterocycles. The van der Waals surface area contributed by atoms with Gasteiger partial charge in [0.1, 0.15) is 11.2 Å². The second kappa shape index (κ2) is 6.57. The molecular weight excluding hydrogens is 394 g/mol. The Labute approximate surface area is 174 Å². The fourth-order valence-electron chi connectivity index (χ4n) is 3.67. The van der Waals surface area contributed by atoms with Crippen molar-refractivity contribution in [1.82, 2.24) is 35.1 Å². The summed E-state index contributed by atoms with van der Waals surface area (Å²) in [6.07, 6.45) is 9.13. The smallest absolute Gasteiger partial charge is 0.159 e. The maximum atomic E-state index is 4.87. The van der Waals surface area contributed by atoms with Gasteiger partial charge in [0.05, 0.1) is 17.1 Å². The number of rotatable bonds is 3. The van der Waals surface area contributed by atoms with E-state index >= 15 is 0 Å². The highest BCUT2D eigenvalue weighted by Gasteiger charge is 2.17. The number of pyridine rings is 3. The Balaban J connectivity index is 1.53. The molecule has 30 heavy (non-hydrogen) atoms. The molecule has 0 bridgehead atoms. The average Bonchev–Trinajstić information content (AvgIpc) is 3.51. The standard InChI is InChI=1S/C22H15N7S/c1-12-2-4-23-8-16(12)14-6-15-20(28-29-21(15)25-7-14)22-26-18-10-24-9-17(19(18)27-22)13-3-5-30-11-13/h2-11H,1H3,(H,26,27)(H,25,28,29). The molecule has 0 unspecified atom stereocenters. The van der Waals surface area contributed by atoms with Crippen molar-refractivity contribution in [3.8, 4) is 33.8 Å². The number of nitrogens with one attached hydrogen (secondary N) is 2. The predicted octanol–water partition coefficient (Wildman–Crippen LogP) is 5.00. The number of fused-ring (bicyclic) bond motifs is 2. The van der Waals surface area contributed by atoms with Crippen LogP contribution in [-0.2, 0) is 0 Å². The minimum atomic E-state index is 0.683. The molecule has 6 heterocycles. The molecule has 6 aromatic rings. The molecule has 0 aliphatic heterocycles. The maximum absolute atomic E-state index is 4.87. The number of aromatic nitrogens is 7. The number of hydrogen-bond acceptors (Lipinski definition) is 6. The molecule has 0 aromatic carbocycles. The highest BCUT2D eigenvalue weighted by molar-refractivity contribution is 7.08. The number of H-pyrrole nitrogens is 2. The first-order valence-electron chi connectivity index (χ1n) is 9.40. The Morgan fingerprint density at radius 3 is 2.77 bits per heavy atom. The predicted molar refractivity (Wildman–Crippen MR) is 118 cm³/mol. The summed E-state index contributed by atoms with van der Waals surface area (Å²) in [7, 11) is 0. The first-order valence-corrected chi connectivity index (χ1v) is 10.3. The van der Waals surface area contributed by atoms with E-state index in [0.29, 0.717) is 11.5 Å². The van der Waals surface area contributed by atoms with Crippen molar-refractivity contribution in [2.45, 2.75) is 6.92 Å². The Morgan fingerprint density at radius 2 is 1.90 bits per heavy atom. The molecule has 2 N–H and O–H groups in total. The van der Waals surface area contributed by atoms with Crippen LogP contribution in [0.3, 0.4) is 0 Å². The molecule has 0 atom stereocenters. The number of aromatic amines is 2. The van der Waals surface area contributed by atoms with Gasteiger partial charge in [0.25, 0.3) is 0 Å². The molecule has 0 aliphatic rings. The lowest BCUT2D eigenvalue weighted by Gasteiger charge is -2.04. The van der Waals surface area contributed by atoms with Crippen LogP contribution >= 0.6 is 11.3 Å². The molecule has 0 aliphatic carbocycles. The molecule has 144 valence electrons. The van der Waals surface area contributed by atoms with Gasteiger partial charge < -0.3 is 4.98 Å². The second-order valence-corrected chi connectivity index (χ2v) is 7.84. The molecule has 0 amide bonds. The van der Waals surface area contributed by atoms with Crippen LogP contribution in [0, 0.1) is 6.92 Å². The average molecular weight is 409 g/mol. The highest BCUT2D eigenvalue weighted by Crippen LogP contribution is 2.32. The van der Waals surface area contributed by atoms with E-state index in [2.05, 4.69) is 59.9 Å². The molecule has 7 nitrogen and oxygen atoms in total. The van der Waals surface area contributed by atoms with Gasteiger partial charge in [0.2, 0.25) is 0 Å². The Morgan fingerprint density at radius 1 is 0.967 bits per heavy atom. The summed E-state index contributed by atoms with van der Waals surface area (Å²) in [5.41, 5.74) is 8.49. The Hall–Kier alpha value is -3.91. The van der Waals surface area contributed by atoms with Crippen molar-refractivity contribution >= 4 is 33.4 Å². The van der Waals surface area contributed by atoms with Gasteiger partial charge in [-0.2, -0.15) is 16.4 Å². The lowest BCUT2D eigenvalue weighted by Crippen LogP contribution is -1.87. The summed E-state index contributed by atoms with van der Waals surface area (Å²) in [6, 6.07) is 6.15. The van der Waals surface area contributed by atoms with E-state index in [1.54, 1.807) is 23.7 Å². The minimum Gasteiger partial charge on any atom is -0.335 e. The van der Waals surface area contributed by atoms with Crippen LogP contribution in [0.5, 0.6) is 0 Å². The van der Waals surface area contributed by atoms with Crippen molar-refractivity contribution in [2.24, 2.45) is 0 Å². The normalized spacial score (nSPS) is 11.5. The summed E-state index contributed by atoms with van der Waals surface area (Å²) in [5.74, 6) is 0.683. The van der Waals surface area contributed by atoms with Gasteiger partial charge in [-0.05, 0) is 47.0 Å². The zero-order valence-electron chi connectivity index (χ0n) is 15.9. The zero-order chi connectivity index (χ0) is 20.1. The van der Waals surface area contributed by atoms with E-state index in [0.717, 1.165) is 49.9 Å². The van der Waals surface area contributed by atoms with E-state index in [4.69, 9.17) is 4.98 Å². The quantitative estimate of drug-likeness (QED) is 0.429. The maximum Gasteiger partial charge on any atom is 0.159 e. The van der Waals surface area contributed by atoms with Crippen LogP contribution in [0.2, 0.25) is 0 Å². The summed E-state index contributed by atoms with van der Waals surface area (Å²) in [4.78, 5) is 21.4. The first-order chi connectivity index (χ1) is 14.8. The third-order valence-corrected chi connectivity index (χ3v) is 5.90. The van der Waals surface area contributed by atoms with E-state index in [9.17, 15) is 0 Å². The molecule has 6 aromatic heterocycles. The monoisotopic (exact) mass is 409 g/mol. The zero-order valence-corrected chi connectivity index (χ0v) is 16.7. The van der Waals surface area contributed by atoms with Crippen molar-refractivity contribution in [1.29, 1.82) is 0 Å². The van der Waals surface area contributed by atoms with Crippen molar-refractivity contribution in [3.63, 3.8) is 0 Å². The van der Waals surface area contributed by atoms with E-state index in [1.165, 1.54) is 0 Å². The van der Waals surface area contributed by atoms with Crippen LogP contribution in [0.1, 0.15) is 5.56 Å². The molecule has 0 saturated carbocycles. The second-order valence-electron chi connectivity index (χ2n) is 7.06. The molecule has 6 rings (SSSR count). The fraction of sp³-hybridized carbons (Fsp3) is 0.0455.